The van der Waals surface area contributed by atoms with E-state index in [4.69, 9.17) is 21.1 Å². The molecule has 9 nitrogen and oxygen atoms in total. The Morgan fingerprint density at radius 2 is 1.97 bits per heavy atom. The monoisotopic (exact) mass is 546 g/mol. The molecule has 1 aromatic heterocycles. The van der Waals surface area contributed by atoms with Crippen LogP contribution in [0.15, 0.2) is 42.6 Å². The van der Waals surface area contributed by atoms with Gasteiger partial charge in [-0.1, -0.05) is 23.7 Å². The number of anilines is 3. The number of likely N-dealkylation sites (N-methyl/N-ethyl adjacent to an activating group) is 1. The Morgan fingerprint density at radius 3 is 2.74 bits per heavy atom. The average molecular weight is 547 g/mol. The number of likely N-dealkylation sites (tertiary alicyclic amines) is 1. The number of carbonyl (C=O) groups excluding carboxylic acids is 1. The number of fused-ring (bicyclic) bond motifs is 3. The van der Waals surface area contributed by atoms with Crippen LogP contribution in [-0.2, 0) is 5.54 Å². The second-order valence-corrected chi connectivity index (χ2v) is 11.4. The Labute approximate surface area is 232 Å². The standard InChI is InChI=1S/C29H31ClN6O3/c1-34-12-9-17-15-36(16-22(17)34)18-7-8-21(24(13-18)38-3)32-28-31-14-20(30)26(33-28)39-23-6-4-5-19-25(23)27(37)35(2)29(19)10-11-29/h4-8,13-14,17,22H,9-12,15-16H2,1-3H3,(H,31,32,33). The van der Waals surface area contributed by atoms with Gasteiger partial charge in [0.15, 0.2) is 0 Å². The highest BCUT2D eigenvalue weighted by Gasteiger charge is 2.57. The largest absolute Gasteiger partial charge is 0.494 e. The molecular weight excluding hydrogens is 516 g/mol. The maximum Gasteiger partial charge on any atom is 0.258 e. The summed E-state index contributed by atoms with van der Waals surface area (Å²) < 4.78 is 11.9. The zero-order valence-corrected chi connectivity index (χ0v) is 23.0. The van der Waals surface area contributed by atoms with Crippen LogP contribution in [0.4, 0.5) is 17.3 Å². The fraction of sp³-hybridized carbons (Fsp3) is 0.414. The summed E-state index contributed by atoms with van der Waals surface area (Å²) in [4.78, 5) is 28.7. The summed E-state index contributed by atoms with van der Waals surface area (Å²) >= 11 is 6.43. The molecule has 1 aliphatic carbocycles. The molecule has 39 heavy (non-hydrogen) atoms. The summed E-state index contributed by atoms with van der Waals surface area (Å²) in [6.45, 7) is 3.28. The van der Waals surface area contributed by atoms with Gasteiger partial charge in [0.05, 0.1) is 30.1 Å². The third-order valence-electron chi connectivity index (χ3n) is 8.95. The van der Waals surface area contributed by atoms with Crippen molar-refractivity contribution in [2.45, 2.75) is 30.8 Å². The molecule has 4 heterocycles. The number of benzene rings is 2. The minimum Gasteiger partial charge on any atom is -0.494 e. The first-order valence-corrected chi connectivity index (χ1v) is 13.8. The number of halogens is 1. The normalized spacial score (nSPS) is 22.8. The molecule has 7 rings (SSSR count). The van der Waals surface area contributed by atoms with E-state index in [1.165, 1.54) is 19.2 Å². The van der Waals surface area contributed by atoms with Crippen molar-refractivity contribution in [3.05, 3.63) is 58.7 Å². The van der Waals surface area contributed by atoms with E-state index in [1.54, 1.807) is 13.2 Å². The van der Waals surface area contributed by atoms with Crippen LogP contribution in [0.5, 0.6) is 17.4 Å². The lowest BCUT2D eigenvalue weighted by molar-refractivity contribution is 0.0753. The molecule has 4 aliphatic rings. The summed E-state index contributed by atoms with van der Waals surface area (Å²) in [5.74, 6) is 2.31. The van der Waals surface area contributed by atoms with Crippen molar-refractivity contribution in [2.24, 2.45) is 5.92 Å². The summed E-state index contributed by atoms with van der Waals surface area (Å²) in [7, 11) is 5.73. The van der Waals surface area contributed by atoms with Crippen LogP contribution in [0.1, 0.15) is 35.2 Å². The van der Waals surface area contributed by atoms with Gasteiger partial charge in [-0.2, -0.15) is 4.98 Å². The molecule has 1 amide bonds. The number of methoxy groups -OCH3 is 1. The van der Waals surface area contributed by atoms with E-state index < -0.39 is 0 Å². The summed E-state index contributed by atoms with van der Waals surface area (Å²) in [5.41, 5.74) is 3.27. The van der Waals surface area contributed by atoms with Gasteiger partial charge in [0.1, 0.15) is 16.5 Å². The van der Waals surface area contributed by atoms with Gasteiger partial charge in [-0.25, -0.2) is 4.98 Å². The fourth-order valence-corrected chi connectivity index (χ4v) is 6.69. The predicted molar refractivity (Wildman–Crippen MR) is 150 cm³/mol. The Morgan fingerprint density at radius 1 is 1.13 bits per heavy atom. The molecule has 2 aromatic carbocycles. The molecule has 2 saturated heterocycles. The van der Waals surface area contributed by atoms with Crippen molar-refractivity contribution in [2.75, 3.05) is 51.1 Å². The number of aromatic nitrogens is 2. The van der Waals surface area contributed by atoms with Crippen LogP contribution in [0, 0.1) is 5.92 Å². The zero-order chi connectivity index (χ0) is 26.9. The Balaban J connectivity index is 1.13. The summed E-state index contributed by atoms with van der Waals surface area (Å²) in [6, 6.07) is 12.5. The zero-order valence-electron chi connectivity index (χ0n) is 22.3. The highest BCUT2D eigenvalue weighted by molar-refractivity contribution is 6.31. The average Bonchev–Trinajstić information content (AvgIpc) is 3.46. The van der Waals surface area contributed by atoms with Gasteiger partial charge in [-0.3, -0.25) is 4.79 Å². The molecule has 202 valence electrons. The fourth-order valence-electron chi connectivity index (χ4n) is 6.56. The number of nitrogens with zero attached hydrogens (tertiary/aromatic N) is 5. The van der Waals surface area contributed by atoms with Gasteiger partial charge < -0.3 is 29.5 Å². The molecular formula is C29H31ClN6O3. The van der Waals surface area contributed by atoms with Crippen molar-refractivity contribution in [1.29, 1.82) is 0 Å². The number of hydrogen-bond acceptors (Lipinski definition) is 8. The second-order valence-electron chi connectivity index (χ2n) is 11.0. The molecule has 1 N–H and O–H groups in total. The van der Waals surface area contributed by atoms with E-state index >= 15 is 0 Å². The van der Waals surface area contributed by atoms with Gasteiger partial charge in [0.2, 0.25) is 11.8 Å². The van der Waals surface area contributed by atoms with E-state index in [0.29, 0.717) is 29.1 Å². The van der Waals surface area contributed by atoms with Crippen LogP contribution in [0.25, 0.3) is 0 Å². The van der Waals surface area contributed by atoms with Crippen LogP contribution < -0.4 is 19.7 Å². The van der Waals surface area contributed by atoms with Crippen molar-refractivity contribution in [3.63, 3.8) is 0 Å². The Bertz CT molecular complexity index is 1480. The first kappa shape index (κ1) is 24.5. The molecule has 1 spiro atoms. The van der Waals surface area contributed by atoms with Crippen LogP contribution in [0.2, 0.25) is 5.02 Å². The SMILES string of the molecule is COc1cc(N2CC3CCN(C)C3C2)ccc1Nc1ncc(Cl)c(Oc2cccc3c2C(=O)N(C)C32CC2)n1. The van der Waals surface area contributed by atoms with Crippen LogP contribution in [0.3, 0.4) is 0 Å². The molecule has 2 unspecified atom stereocenters. The van der Waals surface area contributed by atoms with Crippen molar-refractivity contribution < 1.29 is 14.3 Å². The summed E-state index contributed by atoms with van der Waals surface area (Å²) in [6.07, 6.45) is 4.67. The van der Waals surface area contributed by atoms with Gasteiger partial charge in [-0.05, 0) is 62.5 Å². The Hall–Kier alpha value is -3.56. The third kappa shape index (κ3) is 3.90. The van der Waals surface area contributed by atoms with Crippen LogP contribution >= 0.6 is 11.6 Å². The van der Waals surface area contributed by atoms with E-state index in [-0.39, 0.29) is 22.3 Å². The van der Waals surface area contributed by atoms with Crippen molar-refractivity contribution in [1.82, 2.24) is 19.8 Å². The summed E-state index contributed by atoms with van der Waals surface area (Å²) in [5, 5.41) is 3.50. The van der Waals surface area contributed by atoms with Crippen molar-refractivity contribution >= 4 is 34.8 Å². The number of amides is 1. The van der Waals surface area contributed by atoms with Gasteiger partial charge in [0, 0.05) is 37.9 Å². The molecule has 0 bridgehead atoms. The minimum absolute atomic E-state index is 0.0419. The number of ether oxygens (including phenoxy) is 2. The van der Waals surface area contributed by atoms with Crippen molar-refractivity contribution in [3.8, 4) is 17.4 Å². The predicted octanol–water partition coefficient (Wildman–Crippen LogP) is 4.89. The topological polar surface area (TPSA) is 83.1 Å². The first-order chi connectivity index (χ1) is 18.9. The Kier molecular flexibility index (Phi) is 5.64. The number of hydrogen-bond donors (Lipinski definition) is 1. The van der Waals surface area contributed by atoms with Gasteiger partial charge in [0.25, 0.3) is 5.91 Å². The number of rotatable bonds is 6. The lowest BCUT2D eigenvalue weighted by Gasteiger charge is -2.23. The minimum atomic E-state index is -0.194. The van der Waals surface area contributed by atoms with E-state index in [9.17, 15) is 4.79 Å². The molecule has 3 fully saturated rings. The number of nitrogens with one attached hydrogen (secondary N) is 1. The quantitative estimate of drug-likeness (QED) is 0.468. The molecule has 1 saturated carbocycles. The smallest absolute Gasteiger partial charge is 0.258 e. The molecule has 2 atom stereocenters. The van der Waals surface area contributed by atoms with E-state index in [0.717, 1.165) is 48.8 Å². The molecule has 10 heteroatoms. The lowest BCUT2D eigenvalue weighted by Crippen LogP contribution is -2.32. The lowest BCUT2D eigenvalue weighted by atomic mass is 10.0. The van der Waals surface area contributed by atoms with E-state index in [1.807, 2.05) is 30.1 Å². The van der Waals surface area contributed by atoms with E-state index in [2.05, 4.69) is 44.3 Å². The highest BCUT2D eigenvalue weighted by Crippen LogP contribution is 2.57. The molecule has 3 aliphatic heterocycles. The van der Waals surface area contributed by atoms with Gasteiger partial charge >= 0.3 is 0 Å². The van der Waals surface area contributed by atoms with Crippen LogP contribution in [-0.4, -0.2) is 72.6 Å². The number of carbonyl (C=O) groups is 1. The second kappa shape index (κ2) is 8.99. The van der Waals surface area contributed by atoms with Gasteiger partial charge in [-0.15, -0.1) is 0 Å². The third-order valence-corrected chi connectivity index (χ3v) is 9.21. The maximum atomic E-state index is 13.1. The maximum absolute atomic E-state index is 13.1. The molecule has 0 radical (unpaired) electrons. The highest BCUT2D eigenvalue weighted by atomic mass is 35.5. The molecule has 3 aromatic rings. The first-order valence-electron chi connectivity index (χ1n) is 13.4.